The van der Waals surface area contributed by atoms with Crippen molar-refractivity contribution in [2.45, 2.75) is 107 Å². The van der Waals surface area contributed by atoms with Crippen LogP contribution in [0.5, 0.6) is 0 Å². The highest BCUT2D eigenvalue weighted by Gasteiger charge is 2.55. The summed E-state index contributed by atoms with van der Waals surface area (Å²) in [4.78, 5) is 32.6. The number of nitrogens with zero attached hydrogens (tertiary/aromatic N) is 4. The Kier molecular flexibility index (Phi) is 10.6. The van der Waals surface area contributed by atoms with E-state index in [-0.39, 0.29) is 28.7 Å². The normalized spacial score (nSPS) is 24.5. The van der Waals surface area contributed by atoms with E-state index >= 15 is 0 Å². The Balaban J connectivity index is 1.26. The molecule has 4 heterocycles. The van der Waals surface area contributed by atoms with Gasteiger partial charge in [-0.2, -0.15) is 9.40 Å². The third-order valence-electron chi connectivity index (χ3n) is 11.2. The van der Waals surface area contributed by atoms with E-state index in [0.717, 1.165) is 67.5 Å². The van der Waals surface area contributed by atoms with Gasteiger partial charge < -0.3 is 20.1 Å². The number of carbonyl (C=O) groups is 2. The molecule has 3 saturated heterocycles. The molecule has 12 nitrogen and oxygen atoms in total. The Morgan fingerprint density at radius 3 is 2.29 bits per heavy atom. The summed E-state index contributed by atoms with van der Waals surface area (Å²) >= 11 is 0. The minimum atomic E-state index is -3.64. The first kappa shape index (κ1) is 35.0. The molecule has 4 fully saturated rings. The summed E-state index contributed by atoms with van der Waals surface area (Å²) in [7, 11) is -3.64. The van der Waals surface area contributed by atoms with Crippen LogP contribution >= 0.6 is 0 Å². The molecule has 1 spiro atoms. The predicted octanol–water partition coefficient (Wildman–Crippen LogP) is 3.04. The summed E-state index contributed by atoms with van der Waals surface area (Å²) in [5, 5.41) is 21.9. The van der Waals surface area contributed by atoms with E-state index in [4.69, 9.17) is 4.74 Å². The van der Waals surface area contributed by atoms with Crippen molar-refractivity contribution in [3.05, 3.63) is 46.8 Å². The Morgan fingerprint density at radius 1 is 1.02 bits per heavy atom. The quantitative estimate of drug-likeness (QED) is 0.346. The number of aromatic nitrogens is 2. The minimum absolute atomic E-state index is 0.0226. The number of hydrogen-bond donors (Lipinski definition) is 3. The van der Waals surface area contributed by atoms with Crippen LogP contribution in [0.4, 0.5) is 0 Å². The van der Waals surface area contributed by atoms with Gasteiger partial charge in [-0.05, 0) is 69.6 Å². The van der Waals surface area contributed by atoms with E-state index in [1.54, 1.807) is 17.0 Å². The molecule has 48 heavy (non-hydrogen) atoms. The van der Waals surface area contributed by atoms with E-state index in [2.05, 4.69) is 27.3 Å². The molecule has 0 radical (unpaired) electrons. The molecule has 3 atom stereocenters. The zero-order valence-electron chi connectivity index (χ0n) is 28.6. The Labute approximate surface area is 284 Å². The van der Waals surface area contributed by atoms with Crippen LogP contribution in [0, 0.1) is 19.8 Å². The maximum atomic E-state index is 14.1. The Hall–Kier alpha value is -2.84. The number of rotatable bonds is 10. The van der Waals surface area contributed by atoms with Crippen LogP contribution in [0.3, 0.4) is 0 Å². The fourth-order valence-corrected chi connectivity index (χ4v) is 9.80. The number of sulfonamides is 1. The third-order valence-corrected chi connectivity index (χ3v) is 13.1. The Bertz CT molecular complexity index is 1520. The molecule has 13 heteroatoms. The first-order valence-corrected chi connectivity index (χ1v) is 19.3. The lowest BCUT2D eigenvalue weighted by Gasteiger charge is -2.53. The number of piperazine rings is 1. The van der Waals surface area contributed by atoms with E-state index in [0.29, 0.717) is 58.8 Å². The zero-order chi connectivity index (χ0) is 34.1. The number of aliphatic hydroxyl groups is 1. The maximum absolute atomic E-state index is 14.1. The van der Waals surface area contributed by atoms with Gasteiger partial charge >= 0.3 is 0 Å². The number of hydrogen-bond acceptors (Lipinski definition) is 8. The van der Waals surface area contributed by atoms with Crippen molar-refractivity contribution < 1.29 is 27.9 Å². The molecule has 0 bridgehead atoms. The molecule has 3 aliphatic heterocycles. The van der Waals surface area contributed by atoms with E-state index < -0.39 is 27.7 Å². The van der Waals surface area contributed by atoms with Gasteiger partial charge in [-0.15, -0.1) is 0 Å². The monoisotopic (exact) mass is 684 g/mol. The molecule has 1 saturated carbocycles. The lowest BCUT2D eigenvalue weighted by atomic mass is 9.77. The van der Waals surface area contributed by atoms with Crippen LogP contribution in [0.2, 0.25) is 0 Å². The van der Waals surface area contributed by atoms with Gasteiger partial charge in [0, 0.05) is 44.0 Å². The molecule has 1 aromatic carbocycles. The molecule has 1 aromatic heterocycles. The van der Waals surface area contributed by atoms with Crippen LogP contribution in [-0.4, -0.2) is 113 Å². The molecule has 1 aliphatic carbocycles. The second kappa shape index (κ2) is 14.6. The van der Waals surface area contributed by atoms with Crippen LogP contribution in [0.15, 0.2) is 29.2 Å². The number of morpholine rings is 1. The molecule has 2 aromatic rings. The highest BCUT2D eigenvalue weighted by Crippen LogP contribution is 2.41. The van der Waals surface area contributed by atoms with E-state index in [1.165, 1.54) is 4.31 Å². The van der Waals surface area contributed by atoms with Crippen LogP contribution < -0.4 is 5.32 Å². The number of aliphatic hydroxyl groups excluding tert-OH is 1. The average molecular weight is 685 g/mol. The highest BCUT2D eigenvalue weighted by atomic mass is 32.2. The van der Waals surface area contributed by atoms with Gasteiger partial charge in [0.1, 0.15) is 11.6 Å². The maximum Gasteiger partial charge on any atom is 0.248 e. The molecule has 2 amide bonds. The summed E-state index contributed by atoms with van der Waals surface area (Å²) in [6.07, 6.45) is 6.69. The number of aromatic amines is 1. The predicted molar refractivity (Wildman–Crippen MR) is 181 cm³/mol. The van der Waals surface area contributed by atoms with Gasteiger partial charge in [0.05, 0.1) is 35.9 Å². The molecular weight excluding hydrogens is 632 g/mol. The molecule has 3 N–H and O–H groups in total. The van der Waals surface area contributed by atoms with Crippen molar-refractivity contribution in [2.75, 3.05) is 45.9 Å². The summed E-state index contributed by atoms with van der Waals surface area (Å²) in [6, 6.07) is 6.00. The molecule has 6 rings (SSSR count). The number of likely N-dealkylation sites (tertiary alicyclic amines) is 1. The van der Waals surface area contributed by atoms with Gasteiger partial charge in [0.2, 0.25) is 21.8 Å². The average Bonchev–Trinajstić information content (AvgIpc) is 3.44. The van der Waals surface area contributed by atoms with Crippen LogP contribution in [0.1, 0.15) is 93.3 Å². The van der Waals surface area contributed by atoms with Crippen molar-refractivity contribution in [1.29, 1.82) is 0 Å². The van der Waals surface area contributed by atoms with Crippen LogP contribution in [-0.2, 0) is 24.3 Å². The summed E-state index contributed by atoms with van der Waals surface area (Å²) < 4.78 is 33.5. The number of H-pyrrole nitrogens is 1. The minimum Gasteiger partial charge on any atom is -0.390 e. The van der Waals surface area contributed by atoms with Gasteiger partial charge in [-0.1, -0.05) is 44.7 Å². The smallest absolute Gasteiger partial charge is 0.248 e. The van der Waals surface area contributed by atoms with Crippen molar-refractivity contribution in [1.82, 2.24) is 29.6 Å². The Morgan fingerprint density at radius 2 is 1.69 bits per heavy atom. The molecular formula is C35H52N6O6S. The first-order valence-electron chi connectivity index (χ1n) is 17.8. The number of nitrogens with one attached hydrogen (secondary N) is 2. The first-order chi connectivity index (χ1) is 23.1. The fourth-order valence-electron chi connectivity index (χ4n) is 8.39. The molecule has 4 aliphatic rings. The number of benzene rings is 1. The number of ether oxygens (including phenoxy) is 1. The van der Waals surface area contributed by atoms with Gasteiger partial charge in [-0.25, -0.2) is 8.42 Å². The van der Waals surface area contributed by atoms with Crippen molar-refractivity contribution in [3.63, 3.8) is 0 Å². The van der Waals surface area contributed by atoms with Gasteiger partial charge in [-0.3, -0.25) is 19.6 Å². The molecule has 1 unspecified atom stereocenters. The van der Waals surface area contributed by atoms with E-state index in [9.17, 15) is 23.1 Å². The summed E-state index contributed by atoms with van der Waals surface area (Å²) in [5.41, 5.74) is 2.77. The lowest BCUT2D eigenvalue weighted by Crippen LogP contribution is -2.75. The highest BCUT2D eigenvalue weighted by molar-refractivity contribution is 7.89. The van der Waals surface area contributed by atoms with E-state index in [1.807, 2.05) is 26.0 Å². The number of amides is 2. The number of carbonyl (C=O) groups excluding carboxylic acids is 2. The second-order valence-corrected chi connectivity index (χ2v) is 16.0. The second-order valence-electron chi connectivity index (χ2n) is 14.1. The summed E-state index contributed by atoms with van der Waals surface area (Å²) in [5.74, 6) is -0.304. The fraction of sp³-hybridized carbons (Fsp3) is 0.686. The lowest BCUT2D eigenvalue weighted by molar-refractivity contribution is -0.166. The van der Waals surface area contributed by atoms with Gasteiger partial charge in [0.15, 0.2) is 0 Å². The number of aryl methyl sites for hydroxylation is 2. The molecule has 264 valence electrons. The number of unbranched alkanes of at least 4 members (excludes halogenated alkanes) is 1. The van der Waals surface area contributed by atoms with Crippen molar-refractivity contribution in [2.24, 2.45) is 5.92 Å². The topological polar surface area (TPSA) is 148 Å². The number of piperidine rings is 1. The van der Waals surface area contributed by atoms with Crippen LogP contribution in [0.25, 0.3) is 0 Å². The largest absolute Gasteiger partial charge is 0.390 e. The summed E-state index contributed by atoms with van der Waals surface area (Å²) in [6.45, 7) is 9.04. The van der Waals surface area contributed by atoms with Crippen molar-refractivity contribution in [3.8, 4) is 0 Å². The third kappa shape index (κ3) is 6.56. The SMILES string of the molecule is CCCCN1C(=O)[C@@H]([C@H](O)C2CCCCC2)NC(=O)C12CCN(C(c1ccc(S(=O)(=O)N3CCOCC3)cc1)c1c(C)n[nH]c1C)CC2. The van der Waals surface area contributed by atoms with Gasteiger partial charge in [0.25, 0.3) is 0 Å². The standard InChI is InChI=1S/C35H52N6O6S/c1-4-5-17-41-33(43)30(32(42)27-9-7-6-8-10-27)36-34(44)35(41)15-18-39(19-16-35)31(29-24(2)37-38-25(29)3)26-11-13-28(14-12-26)48(45,46)40-20-22-47-23-21-40/h11-14,27,30-32,42H,4-10,15-23H2,1-3H3,(H,36,44)(H,37,38)/t30-,31?,32-/m1/s1. The zero-order valence-corrected chi connectivity index (χ0v) is 29.4. The van der Waals surface area contributed by atoms with Crippen molar-refractivity contribution >= 4 is 21.8 Å².